The SMILES string of the molecule is CN(C1CC1)S(=O)(=O)c1ccc(C(=O)Nc2nnc(C3CCCO3)o2)cc1. The number of carbonyl (C=O) groups is 1. The number of hydrogen-bond donors (Lipinski definition) is 1. The van der Waals surface area contributed by atoms with Gasteiger partial charge in [-0.05, 0) is 49.9 Å². The van der Waals surface area contributed by atoms with Crippen molar-refractivity contribution in [2.45, 2.75) is 42.7 Å². The second kappa shape index (κ2) is 7.02. The fourth-order valence-corrected chi connectivity index (χ4v) is 4.35. The highest BCUT2D eigenvalue weighted by molar-refractivity contribution is 7.89. The fraction of sp³-hybridized carbons (Fsp3) is 0.471. The zero-order valence-electron chi connectivity index (χ0n) is 14.8. The molecule has 1 saturated carbocycles. The van der Waals surface area contributed by atoms with Crippen molar-refractivity contribution in [2.24, 2.45) is 0 Å². The average molecular weight is 392 g/mol. The van der Waals surface area contributed by atoms with Crippen LogP contribution >= 0.6 is 0 Å². The van der Waals surface area contributed by atoms with Gasteiger partial charge in [0.25, 0.3) is 5.91 Å². The predicted octanol–water partition coefficient (Wildman–Crippen LogP) is 1.96. The zero-order chi connectivity index (χ0) is 19.0. The summed E-state index contributed by atoms with van der Waals surface area (Å²) in [4.78, 5) is 12.5. The third-order valence-corrected chi connectivity index (χ3v) is 6.65. The van der Waals surface area contributed by atoms with Crippen LogP contribution in [0.5, 0.6) is 0 Å². The van der Waals surface area contributed by atoms with Gasteiger partial charge < -0.3 is 9.15 Å². The van der Waals surface area contributed by atoms with Gasteiger partial charge in [-0.1, -0.05) is 5.10 Å². The van der Waals surface area contributed by atoms with E-state index in [2.05, 4.69) is 15.5 Å². The first-order chi connectivity index (χ1) is 12.9. The second-order valence-corrected chi connectivity index (χ2v) is 8.68. The molecule has 1 aliphatic heterocycles. The first-order valence-corrected chi connectivity index (χ1v) is 10.2. The van der Waals surface area contributed by atoms with Crippen LogP contribution in [0.15, 0.2) is 33.6 Å². The molecule has 2 aliphatic rings. The van der Waals surface area contributed by atoms with E-state index in [1.807, 2.05) is 0 Å². The van der Waals surface area contributed by atoms with E-state index in [0.717, 1.165) is 25.7 Å². The van der Waals surface area contributed by atoms with Crippen LogP contribution in [-0.4, -0.2) is 48.5 Å². The van der Waals surface area contributed by atoms with Gasteiger partial charge in [0, 0.05) is 25.3 Å². The number of ether oxygens (including phenoxy) is 1. The molecule has 1 saturated heterocycles. The van der Waals surface area contributed by atoms with E-state index < -0.39 is 15.9 Å². The highest BCUT2D eigenvalue weighted by atomic mass is 32.2. The van der Waals surface area contributed by atoms with E-state index in [1.165, 1.54) is 28.6 Å². The number of sulfonamides is 1. The number of aromatic nitrogens is 2. The van der Waals surface area contributed by atoms with Crippen LogP contribution in [0.4, 0.5) is 6.01 Å². The highest BCUT2D eigenvalue weighted by Gasteiger charge is 2.35. The van der Waals surface area contributed by atoms with Crippen molar-refractivity contribution < 1.29 is 22.4 Å². The van der Waals surface area contributed by atoms with Crippen molar-refractivity contribution in [1.82, 2.24) is 14.5 Å². The van der Waals surface area contributed by atoms with Crippen LogP contribution < -0.4 is 5.32 Å². The molecule has 2 fully saturated rings. The minimum absolute atomic E-state index is 0.0179. The van der Waals surface area contributed by atoms with Gasteiger partial charge in [0.05, 0.1) is 4.90 Å². The van der Waals surface area contributed by atoms with E-state index in [0.29, 0.717) is 18.1 Å². The third kappa shape index (κ3) is 3.73. The maximum Gasteiger partial charge on any atom is 0.322 e. The van der Waals surface area contributed by atoms with Crippen molar-refractivity contribution in [3.05, 3.63) is 35.7 Å². The predicted molar refractivity (Wildman–Crippen MR) is 94.6 cm³/mol. The standard InChI is InChI=1S/C17H20N4O5S/c1-21(12-6-7-12)27(23,24)13-8-4-11(5-9-13)15(22)18-17-20-19-16(26-17)14-3-2-10-25-14/h4-5,8-9,12,14H,2-3,6-7,10H2,1H3,(H,18,20,22). The number of benzene rings is 1. The Bertz CT molecular complexity index is 930. The van der Waals surface area contributed by atoms with Gasteiger partial charge in [-0.2, -0.15) is 4.31 Å². The Labute approximate surface area is 156 Å². The Balaban J connectivity index is 1.43. The molecule has 0 spiro atoms. The molecular weight excluding hydrogens is 372 g/mol. The first kappa shape index (κ1) is 18.1. The number of nitrogens with one attached hydrogen (secondary N) is 1. The summed E-state index contributed by atoms with van der Waals surface area (Å²) in [5.74, 6) is -0.121. The van der Waals surface area contributed by atoms with Crippen molar-refractivity contribution in [3.8, 4) is 0 Å². The van der Waals surface area contributed by atoms with Gasteiger partial charge in [-0.3, -0.25) is 10.1 Å². The number of rotatable bonds is 6. The summed E-state index contributed by atoms with van der Waals surface area (Å²) in [5, 5.41) is 10.2. The molecule has 1 N–H and O–H groups in total. The van der Waals surface area contributed by atoms with Crippen molar-refractivity contribution in [1.29, 1.82) is 0 Å². The van der Waals surface area contributed by atoms with Crippen molar-refractivity contribution in [3.63, 3.8) is 0 Å². The molecule has 1 aromatic heterocycles. The van der Waals surface area contributed by atoms with Gasteiger partial charge in [0.1, 0.15) is 6.10 Å². The Morgan fingerprint density at radius 2 is 1.93 bits per heavy atom. The summed E-state index contributed by atoms with van der Waals surface area (Å²) in [7, 11) is -1.96. The number of amides is 1. The van der Waals surface area contributed by atoms with Crippen LogP contribution in [0.1, 0.15) is 48.0 Å². The smallest absolute Gasteiger partial charge is 0.322 e. The molecule has 10 heteroatoms. The molecule has 27 heavy (non-hydrogen) atoms. The van der Waals surface area contributed by atoms with Gasteiger partial charge in [0.15, 0.2) is 0 Å². The van der Waals surface area contributed by atoms with Crippen LogP contribution in [0.2, 0.25) is 0 Å². The molecule has 9 nitrogen and oxygen atoms in total. The fourth-order valence-electron chi connectivity index (χ4n) is 2.94. The first-order valence-electron chi connectivity index (χ1n) is 8.79. The number of carbonyl (C=O) groups excluding carboxylic acids is 1. The molecule has 0 radical (unpaired) electrons. The summed E-state index contributed by atoms with van der Waals surface area (Å²) < 4.78 is 37.2. The monoisotopic (exact) mass is 392 g/mol. The van der Waals surface area contributed by atoms with E-state index in [-0.39, 0.29) is 23.1 Å². The zero-order valence-corrected chi connectivity index (χ0v) is 15.6. The lowest BCUT2D eigenvalue weighted by Gasteiger charge is -2.16. The Hall–Kier alpha value is -2.30. The third-order valence-electron chi connectivity index (χ3n) is 4.72. The van der Waals surface area contributed by atoms with E-state index in [1.54, 1.807) is 7.05 Å². The van der Waals surface area contributed by atoms with Crippen LogP contribution in [-0.2, 0) is 14.8 Å². The molecule has 1 unspecified atom stereocenters. The molecule has 2 heterocycles. The van der Waals surface area contributed by atoms with E-state index in [4.69, 9.17) is 9.15 Å². The second-order valence-electron chi connectivity index (χ2n) is 6.68. The Morgan fingerprint density at radius 3 is 2.56 bits per heavy atom. The van der Waals surface area contributed by atoms with Gasteiger partial charge in [-0.25, -0.2) is 8.42 Å². The summed E-state index contributed by atoms with van der Waals surface area (Å²) in [5.41, 5.74) is 0.292. The summed E-state index contributed by atoms with van der Waals surface area (Å²) in [6, 6.07) is 5.83. The van der Waals surface area contributed by atoms with Crippen LogP contribution in [0.3, 0.4) is 0 Å². The van der Waals surface area contributed by atoms with Crippen molar-refractivity contribution >= 4 is 21.9 Å². The largest absolute Gasteiger partial charge is 0.405 e. The topological polar surface area (TPSA) is 115 Å². The molecule has 4 rings (SSSR count). The van der Waals surface area contributed by atoms with Crippen LogP contribution in [0.25, 0.3) is 0 Å². The minimum atomic E-state index is -3.54. The van der Waals surface area contributed by atoms with E-state index >= 15 is 0 Å². The lowest BCUT2D eigenvalue weighted by Crippen LogP contribution is -2.29. The number of nitrogens with zero attached hydrogens (tertiary/aromatic N) is 3. The van der Waals surface area contributed by atoms with Gasteiger partial charge >= 0.3 is 6.01 Å². The maximum atomic E-state index is 12.5. The number of hydrogen-bond acceptors (Lipinski definition) is 7. The highest BCUT2D eigenvalue weighted by Crippen LogP contribution is 2.30. The molecular formula is C17H20N4O5S. The summed E-state index contributed by atoms with van der Waals surface area (Å²) in [6.07, 6.45) is 3.28. The molecule has 1 atom stereocenters. The normalized spacial score (nSPS) is 20.1. The quantitative estimate of drug-likeness (QED) is 0.799. The molecule has 0 bridgehead atoms. The number of anilines is 1. The maximum absolute atomic E-state index is 12.5. The molecule has 144 valence electrons. The summed E-state index contributed by atoms with van der Waals surface area (Å²) >= 11 is 0. The molecule has 2 aromatic rings. The average Bonchev–Trinajstić information content (AvgIpc) is 3.16. The van der Waals surface area contributed by atoms with Crippen molar-refractivity contribution in [2.75, 3.05) is 19.0 Å². The van der Waals surface area contributed by atoms with Gasteiger partial charge in [-0.15, -0.1) is 5.10 Å². The Morgan fingerprint density at radius 1 is 1.19 bits per heavy atom. The molecule has 1 aromatic carbocycles. The molecule has 1 amide bonds. The molecule has 1 aliphatic carbocycles. The van der Waals surface area contributed by atoms with Gasteiger partial charge in [0.2, 0.25) is 15.9 Å². The lowest BCUT2D eigenvalue weighted by molar-refractivity contribution is 0.0893. The Kier molecular flexibility index (Phi) is 4.70. The lowest BCUT2D eigenvalue weighted by atomic mass is 10.2. The van der Waals surface area contributed by atoms with Crippen LogP contribution in [0, 0.1) is 0 Å². The summed E-state index contributed by atoms with van der Waals surface area (Å²) in [6.45, 7) is 0.653. The minimum Gasteiger partial charge on any atom is -0.405 e. The van der Waals surface area contributed by atoms with E-state index in [9.17, 15) is 13.2 Å².